The number of methoxy groups -OCH3 is 2. The molecule has 0 aliphatic heterocycles. The molecule has 1 amide bonds. The van der Waals surface area contributed by atoms with Crippen LogP contribution in [0.4, 0.5) is 5.69 Å². The molecule has 8 heteroatoms. The van der Waals surface area contributed by atoms with E-state index in [0.717, 1.165) is 5.56 Å². The first-order valence-corrected chi connectivity index (χ1v) is 8.41. The lowest BCUT2D eigenvalue weighted by Crippen LogP contribution is -2.23. The van der Waals surface area contributed by atoms with E-state index in [1.165, 1.54) is 25.1 Å². The summed E-state index contributed by atoms with van der Waals surface area (Å²) in [4.78, 5) is 29.0. The number of hydrogen-bond acceptors (Lipinski definition) is 6. The van der Waals surface area contributed by atoms with E-state index >= 15 is 0 Å². The normalized spacial score (nSPS) is 10.8. The first kappa shape index (κ1) is 18.5. The molecule has 0 unspecified atom stereocenters. The number of nitrogens with zero attached hydrogens (tertiary/aromatic N) is 2. The van der Waals surface area contributed by atoms with E-state index in [2.05, 4.69) is 10.3 Å². The monoisotopic (exact) mass is 371 g/mol. The summed E-state index contributed by atoms with van der Waals surface area (Å²) in [5.74, 6) is 1.57. The summed E-state index contributed by atoms with van der Waals surface area (Å²) in [6.07, 6.45) is 1.51. The summed E-state index contributed by atoms with van der Waals surface area (Å²) in [5, 5.41) is 3.23. The fourth-order valence-electron chi connectivity index (χ4n) is 2.75. The van der Waals surface area contributed by atoms with Crippen LogP contribution in [0.25, 0.3) is 11.1 Å². The molecule has 0 saturated carbocycles. The Labute approximate surface area is 155 Å². The Morgan fingerprint density at radius 3 is 2.48 bits per heavy atom. The van der Waals surface area contributed by atoms with Gasteiger partial charge in [-0.1, -0.05) is 0 Å². The van der Waals surface area contributed by atoms with Gasteiger partial charge in [0.2, 0.25) is 11.6 Å². The Morgan fingerprint density at radius 1 is 1.19 bits per heavy atom. The zero-order valence-corrected chi connectivity index (χ0v) is 15.7. The largest absolute Gasteiger partial charge is 0.497 e. The van der Waals surface area contributed by atoms with Crippen LogP contribution in [0.2, 0.25) is 0 Å². The molecule has 142 valence electrons. The summed E-state index contributed by atoms with van der Waals surface area (Å²) in [7, 11) is 3.07. The Bertz CT molecular complexity index is 1030. The average molecular weight is 371 g/mol. The summed E-state index contributed by atoms with van der Waals surface area (Å²) in [6, 6.07) is 5.10. The van der Waals surface area contributed by atoms with Crippen LogP contribution < -0.4 is 20.3 Å². The molecule has 0 bridgehead atoms. The number of carbonyl (C=O) groups is 1. The zero-order chi connectivity index (χ0) is 19.6. The predicted octanol–water partition coefficient (Wildman–Crippen LogP) is 2.65. The van der Waals surface area contributed by atoms with Crippen LogP contribution in [0.1, 0.15) is 17.7 Å². The number of nitrogens with one attached hydrogen (secondary N) is 1. The molecule has 2 aromatic heterocycles. The molecule has 2 heterocycles. The first-order valence-electron chi connectivity index (χ1n) is 8.41. The molecule has 0 atom stereocenters. The fraction of sp³-hybridized carbons (Fsp3) is 0.316. The number of furan rings is 1. The standard InChI is InChI=1S/C19H21N3O5/c1-11-12(2)27-18-17(11)19(24)22(10-20-18)6-5-16(23)21-13-7-14(25-3)9-15(8-13)26-4/h7-10H,5-6H2,1-4H3,(H,21,23). The molecule has 3 aromatic rings. The fourth-order valence-corrected chi connectivity index (χ4v) is 2.75. The van der Waals surface area contributed by atoms with Gasteiger partial charge in [-0.2, -0.15) is 0 Å². The molecule has 0 saturated heterocycles. The SMILES string of the molecule is COc1cc(NC(=O)CCn2cnc3oc(C)c(C)c3c2=O)cc(OC)c1. The van der Waals surface area contributed by atoms with Crippen LogP contribution >= 0.6 is 0 Å². The Kier molecular flexibility index (Phi) is 5.16. The molecular formula is C19H21N3O5. The maximum absolute atomic E-state index is 12.6. The highest BCUT2D eigenvalue weighted by molar-refractivity contribution is 5.91. The lowest BCUT2D eigenvalue weighted by molar-refractivity contribution is -0.116. The van der Waals surface area contributed by atoms with Gasteiger partial charge in [-0.3, -0.25) is 14.2 Å². The Balaban J connectivity index is 1.73. The molecule has 1 N–H and O–H groups in total. The van der Waals surface area contributed by atoms with Gasteiger partial charge < -0.3 is 19.2 Å². The maximum Gasteiger partial charge on any atom is 0.264 e. The second-order valence-electron chi connectivity index (χ2n) is 6.11. The van der Waals surface area contributed by atoms with Crippen molar-refractivity contribution in [3.05, 3.63) is 46.2 Å². The van der Waals surface area contributed by atoms with E-state index in [1.54, 1.807) is 25.1 Å². The number of aryl methyl sites for hydroxylation is 3. The van der Waals surface area contributed by atoms with Crippen molar-refractivity contribution in [3.63, 3.8) is 0 Å². The highest BCUT2D eigenvalue weighted by Crippen LogP contribution is 2.25. The molecule has 8 nitrogen and oxygen atoms in total. The topological polar surface area (TPSA) is 95.6 Å². The van der Waals surface area contributed by atoms with E-state index in [-0.39, 0.29) is 24.4 Å². The van der Waals surface area contributed by atoms with Crippen LogP contribution in [-0.2, 0) is 11.3 Å². The minimum absolute atomic E-state index is 0.114. The summed E-state index contributed by atoms with van der Waals surface area (Å²) >= 11 is 0. The predicted molar refractivity (Wildman–Crippen MR) is 101 cm³/mol. The van der Waals surface area contributed by atoms with Crippen molar-refractivity contribution in [1.82, 2.24) is 9.55 Å². The molecule has 27 heavy (non-hydrogen) atoms. The van der Waals surface area contributed by atoms with Gasteiger partial charge in [0.15, 0.2) is 0 Å². The third kappa shape index (κ3) is 3.79. The lowest BCUT2D eigenvalue weighted by atomic mass is 10.2. The van der Waals surface area contributed by atoms with E-state index in [9.17, 15) is 9.59 Å². The van der Waals surface area contributed by atoms with Crippen molar-refractivity contribution < 1.29 is 18.7 Å². The molecule has 0 spiro atoms. The minimum atomic E-state index is -0.239. The molecular weight excluding hydrogens is 350 g/mol. The quantitative estimate of drug-likeness (QED) is 0.716. The van der Waals surface area contributed by atoms with Gasteiger partial charge in [-0.25, -0.2) is 4.98 Å². The molecule has 0 fully saturated rings. The number of hydrogen-bond donors (Lipinski definition) is 1. The van der Waals surface area contributed by atoms with Gasteiger partial charge in [0.1, 0.15) is 29.0 Å². The Morgan fingerprint density at radius 2 is 1.85 bits per heavy atom. The number of amides is 1. The van der Waals surface area contributed by atoms with Gasteiger partial charge in [-0.15, -0.1) is 0 Å². The number of rotatable bonds is 6. The van der Waals surface area contributed by atoms with Crippen molar-refractivity contribution in [2.24, 2.45) is 0 Å². The van der Waals surface area contributed by atoms with Gasteiger partial charge in [0, 0.05) is 42.4 Å². The van der Waals surface area contributed by atoms with Gasteiger partial charge in [-0.05, 0) is 13.8 Å². The average Bonchev–Trinajstić information content (AvgIpc) is 2.95. The smallest absolute Gasteiger partial charge is 0.264 e. The van der Waals surface area contributed by atoms with Gasteiger partial charge in [0.05, 0.1) is 14.2 Å². The molecule has 0 aliphatic rings. The highest BCUT2D eigenvalue weighted by atomic mass is 16.5. The molecule has 0 aliphatic carbocycles. The lowest BCUT2D eigenvalue weighted by Gasteiger charge is -2.10. The Hall–Kier alpha value is -3.29. The molecule has 0 radical (unpaired) electrons. The number of carbonyl (C=O) groups excluding carboxylic acids is 1. The molecule has 3 rings (SSSR count). The minimum Gasteiger partial charge on any atom is -0.497 e. The third-order valence-electron chi connectivity index (χ3n) is 4.37. The van der Waals surface area contributed by atoms with Crippen molar-refractivity contribution in [1.29, 1.82) is 0 Å². The number of benzene rings is 1. The van der Waals surface area contributed by atoms with E-state index in [4.69, 9.17) is 13.9 Å². The van der Waals surface area contributed by atoms with Crippen molar-refractivity contribution >= 4 is 22.7 Å². The van der Waals surface area contributed by atoms with Crippen LogP contribution in [0.5, 0.6) is 11.5 Å². The summed E-state index contributed by atoms with van der Waals surface area (Å²) in [6.45, 7) is 3.81. The van der Waals surface area contributed by atoms with Crippen LogP contribution in [0.15, 0.2) is 33.7 Å². The number of aromatic nitrogens is 2. The van der Waals surface area contributed by atoms with Crippen LogP contribution in [0.3, 0.4) is 0 Å². The third-order valence-corrected chi connectivity index (χ3v) is 4.37. The maximum atomic E-state index is 12.6. The van der Waals surface area contributed by atoms with Crippen LogP contribution in [-0.4, -0.2) is 29.7 Å². The first-order chi connectivity index (χ1) is 12.9. The number of ether oxygens (including phenoxy) is 2. The van der Waals surface area contributed by atoms with Gasteiger partial charge >= 0.3 is 0 Å². The second-order valence-corrected chi connectivity index (χ2v) is 6.11. The van der Waals surface area contributed by atoms with E-state index < -0.39 is 0 Å². The van der Waals surface area contributed by atoms with Crippen molar-refractivity contribution in [3.8, 4) is 11.5 Å². The second kappa shape index (κ2) is 7.53. The van der Waals surface area contributed by atoms with E-state index in [0.29, 0.717) is 34.0 Å². The molecule has 1 aromatic carbocycles. The summed E-state index contributed by atoms with van der Waals surface area (Å²) < 4.78 is 17.2. The van der Waals surface area contributed by atoms with E-state index in [1.807, 2.05) is 6.92 Å². The van der Waals surface area contributed by atoms with Crippen molar-refractivity contribution in [2.75, 3.05) is 19.5 Å². The number of anilines is 1. The van der Waals surface area contributed by atoms with Crippen LogP contribution in [0, 0.1) is 13.8 Å². The van der Waals surface area contributed by atoms with Gasteiger partial charge in [0.25, 0.3) is 5.56 Å². The summed E-state index contributed by atoms with van der Waals surface area (Å²) in [5.41, 5.74) is 1.42. The number of fused-ring (bicyclic) bond motifs is 1. The highest BCUT2D eigenvalue weighted by Gasteiger charge is 2.14. The zero-order valence-electron chi connectivity index (χ0n) is 15.7. The van der Waals surface area contributed by atoms with Crippen molar-refractivity contribution in [2.45, 2.75) is 26.8 Å².